The second-order valence-corrected chi connectivity index (χ2v) is 7.71. The second-order valence-electron chi connectivity index (χ2n) is 6.42. The molecule has 0 aliphatic heterocycles. The number of thioether (sulfide) groups is 1. The molecule has 0 spiro atoms. The van der Waals surface area contributed by atoms with Crippen LogP contribution in [0.25, 0.3) is 0 Å². The van der Waals surface area contributed by atoms with Crippen LogP contribution < -0.4 is 10.1 Å². The fourth-order valence-electron chi connectivity index (χ4n) is 2.47. The standard InChI is InChI=1S/C21H22FN3O3S/c1-4-15-5-9-17(10-6-15)23-19(26)14(3)29-21-25-24-20(28-21)13(2)27-18-11-7-16(22)8-12-18/h5-14H,4H2,1-3H3,(H,23,26)/t13-,14+/m0/s1. The number of aromatic nitrogens is 2. The number of carbonyl (C=O) groups is 1. The Hall–Kier alpha value is -2.87. The summed E-state index contributed by atoms with van der Waals surface area (Å²) < 4.78 is 24.2. The molecule has 8 heteroatoms. The number of hydrogen-bond donors (Lipinski definition) is 1. The molecule has 2 atom stereocenters. The zero-order valence-corrected chi connectivity index (χ0v) is 17.2. The van der Waals surface area contributed by atoms with Crippen molar-refractivity contribution < 1.29 is 18.3 Å². The molecule has 0 aliphatic rings. The minimum absolute atomic E-state index is 0.158. The Bertz CT molecular complexity index is 945. The smallest absolute Gasteiger partial charge is 0.277 e. The Kier molecular flexibility index (Phi) is 6.87. The summed E-state index contributed by atoms with van der Waals surface area (Å²) >= 11 is 1.17. The van der Waals surface area contributed by atoms with Crippen LogP contribution in [0.15, 0.2) is 58.2 Å². The molecule has 1 aromatic heterocycles. The predicted molar refractivity (Wildman–Crippen MR) is 110 cm³/mol. The van der Waals surface area contributed by atoms with Gasteiger partial charge in [-0.15, -0.1) is 10.2 Å². The summed E-state index contributed by atoms with van der Waals surface area (Å²) in [6.45, 7) is 5.60. The third-order valence-electron chi connectivity index (χ3n) is 4.17. The van der Waals surface area contributed by atoms with E-state index in [0.717, 1.165) is 12.1 Å². The van der Waals surface area contributed by atoms with Gasteiger partial charge in [-0.1, -0.05) is 30.8 Å². The van der Waals surface area contributed by atoms with Crippen molar-refractivity contribution in [1.29, 1.82) is 0 Å². The van der Waals surface area contributed by atoms with Gasteiger partial charge >= 0.3 is 0 Å². The van der Waals surface area contributed by atoms with E-state index in [2.05, 4.69) is 22.4 Å². The third kappa shape index (κ3) is 5.80. The van der Waals surface area contributed by atoms with Gasteiger partial charge in [-0.2, -0.15) is 0 Å². The lowest BCUT2D eigenvalue weighted by Gasteiger charge is -2.11. The van der Waals surface area contributed by atoms with E-state index in [1.807, 2.05) is 24.3 Å². The lowest BCUT2D eigenvalue weighted by Crippen LogP contribution is -2.22. The van der Waals surface area contributed by atoms with Crippen LogP contribution in [0, 0.1) is 5.82 Å². The SMILES string of the molecule is CCc1ccc(NC(=O)[C@@H](C)Sc2nnc([C@H](C)Oc3ccc(F)cc3)o2)cc1. The van der Waals surface area contributed by atoms with Gasteiger partial charge < -0.3 is 14.5 Å². The largest absolute Gasteiger partial charge is 0.481 e. The first-order valence-corrected chi connectivity index (χ1v) is 10.1. The van der Waals surface area contributed by atoms with Crippen molar-refractivity contribution in [2.45, 2.75) is 43.8 Å². The maximum Gasteiger partial charge on any atom is 0.277 e. The molecule has 1 N–H and O–H groups in total. The van der Waals surface area contributed by atoms with Gasteiger partial charge in [0.1, 0.15) is 11.6 Å². The Morgan fingerprint density at radius 3 is 2.48 bits per heavy atom. The van der Waals surface area contributed by atoms with Crippen LogP contribution in [-0.4, -0.2) is 21.4 Å². The van der Waals surface area contributed by atoms with E-state index in [4.69, 9.17) is 9.15 Å². The number of halogens is 1. The summed E-state index contributed by atoms with van der Waals surface area (Å²) in [5.41, 5.74) is 1.95. The van der Waals surface area contributed by atoms with E-state index in [-0.39, 0.29) is 22.8 Å². The van der Waals surface area contributed by atoms with Crippen LogP contribution in [0.1, 0.15) is 38.3 Å². The predicted octanol–water partition coefficient (Wildman–Crippen LogP) is 5.03. The molecule has 3 aromatic rings. The molecule has 0 aliphatic carbocycles. The molecule has 2 aromatic carbocycles. The fourth-order valence-corrected chi connectivity index (χ4v) is 3.16. The first-order chi connectivity index (χ1) is 13.9. The van der Waals surface area contributed by atoms with E-state index < -0.39 is 11.4 Å². The van der Waals surface area contributed by atoms with Gasteiger partial charge in [-0.25, -0.2) is 4.39 Å². The van der Waals surface area contributed by atoms with E-state index in [9.17, 15) is 9.18 Å². The fraction of sp³-hybridized carbons (Fsp3) is 0.286. The molecule has 0 radical (unpaired) electrons. The third-order valence-corrected chi connectivity index (χ3v) is 5.11. The van der Waals surface area contributed by atoms with Crippen molar-refractivity contribution in [1.82, 2.24) is 10.2 Å². The highest BCUT2D eigenvalue weighted by molar-refractivity contribution is 8.00. The minimum atomic E-state index is -0.511. The molecule has 1 heterocycles. The quantitative estimate of drug-likeness (QED) is 0.520. The topological polar surface area (TPSA) is 77.2 Å². The molecular formula is C21H22FN3O3S. The maximum absolute atomic E-state index is 13.0. The number of ether oxygens (including phenoxy) is 1. The van der Waals surface area contributed by atoms with Crippen molar-refractivity contribution >= 4 is 23.4 Å². The number of anilines is 1. The average molecular weight is 415 g/mol. The molecule has 0 saturated heterocycles. The molecule has 0 bridgehead atoms. The van der Waals surface area contributed by atoms with Crippen LogP contribution in [-0.2, 0) is 11.2 Å². The van der Waals surface area contributed by atoms with Crippen molar-refractivity contribution in [3.63, 3.8) is 0 Å². The van der Waals surface area contributed by atoms with Crippen molar-refractivity contribution in [2.24, 2.45) is 0 Å². The van der Waals surface area contributed by atoms with Crippen LogP contribution >= 0.6 is 11.8 Å². The van der Waals surface area contributed by atoms with E-state index >= 15 is 0 Å². The summed E-state index contributed by atoms with van der Waals surface area (Å²) in [4.78, 5) is 12.4. The number of hydrogen-bond acceptors (Lipinski definition) is 6. The molecule has 0 fully saturated rings. The van der Waals surface area contributed by atoms with Crippen molar-refractivity contribution in [3.8, 4) is 5.75 Å². The van der Waals surface area contributed by atoms with Gasteiger partial charge in [-0.05, 0) is 62.2 Å². The molecular weight excluding hydrogens is 393 g/mol. The Labute approximate surface area is 172 Å². The first-order valence-electron chi connectivity index (χ1n) is 9.26. The second kappa shape index (κ2) is 9.56. The summed E-state index contributed by atoms with van der Waals surface area (Å²) in [5.74, 6) is 0.275. The minimum Gasteiger partial charge on any atom is -0.481 e. The van der Waals surface area contributed by atoms with Gasteiger partial charge in [0.25, 0.3) is 11.1 Å². The van der Waals surface area contributed by atoms with E-state index in [1.54, 1.807) is 13.8 Å². The van der Waals surface area contributed by atoms with Crippen LogP contribution in [0.4, 0.5) is 10.1 Å². The molecule has 152 valence electrons. The summed E-state index contributed by atoms with van der Waals surface area (Å²) in [7, 11) is 0. The Morgan fingerprint density at radius 2 is 1.83 bits per heavy atom. The average Bonchev–Trinajstić information content (AvgIpc) is 3.19. The van der Waals surface area contributed by atoms with E-state index in [1.165, 1.54) is 41.6 Å². The number of carbonyl (C=O) groups excluding carboxylic acids is 1. The van der Waals surface area contributed by atoms with Crippen LogP contribution in [0.3, 0.4) is 0 Å². The summed E-state index contributed by atoms with van der Waals surface area (Å²) in [6, 6.07) is 13.4. The monoisotopic (exact) mass is 415 g/mol. The molecule has 0 unspecified atom stereocenters. The number of amides is 1. The highest BCUT2D eigenvalue weighted by atomic mass is 32.2. The number of aryl methyl sites for hydroxylation is 1. The van der Waals surface area contributed by atoms with Crippen LogP contribution in [0.5, 0.6) is 5.75 Å². The molecule has 1 amide bonds. The molecule has 29 heavy (non-hydrogen) atoms. The normalized spacial score (nSPS) is 13.0. The first kappa shape index (κ1) is 20.9. The zero-order valence-electron chi connectivity index (χ0n) is 16.4. The van der Waals surface area contributed by atoms with Crippen LogP contribution in [0.2, 0.25) is 0 Å². The lowest BCUT2D eigenvalue weighted by molar-refractivity contribution is -0.115. The van der Waals surface area contributed by atoms with E-state index in [0.29, 0.717) is 5.75 Å². The lowest BCUT2D eigenvalue weighted by atomic mass is 10.1. The summed E-state index contributed by atoms with van der Waals surface area (Å²) in [5, 5.41) is 10.7. The molecule has 0 saturated carbocycles. The van der Waals surface area contributed by atoms with Gasteiger partial charge in [0.2, 0.25) is 5.91 Å². The van der Waals surface area contributed by atoms with Gasteiger partial charge in [0, 0.05) is 5.69 Å². The zero-order chi connectivity index (χ0) is 20.8. The van der Waals surface area contributed by atoms with Gasteiger partial charge in [-0.3, -0.25) is 4.79 Å². The van der Waals surface area contributed by atoms with Crippen molar-refractivity contribution in [2.75, 3.05) is 5.32 Å². The highest BCUT2D eigenvalue weighted by Gasteiger charge is 2.21. The number of nitrogens with zero attached hydrogens (tertiary/aromatic N) is 2. The Morgan fingerprint density at radius 1 is 1.14 bits per heavy atom. The number of benzene rings is 2. The van der Waals surface area contributed by atoms with Crippen molar-refractivity contribution in [3.05, 3.63) is 65.8 Å². The maximum atomic E-state index is 13.0. The Balaban J connectivity index is 1.55. The molecule has 3 rings (SSSR count). The number of nitrogens with one attached hydrogen (secondary N) is 1. The highest BCUT2D eigenvalue weighted by Crippen LogP contribution is 2.27. The summed E-state index contributed by atoms with van der Waals surface area (Å²) in [6.07, 6.45) is 0.437. The van der Waals surface area contributed by atoms with Gasteiger partial charge in [0.15, 0.2) is 6.10 Å². The molecule has 6 nitrogen and oxygen atoms in total. The van der Waals surface area contributed by atoms with Gasteiger partial charge in [0.05, 0.1) is 5.25 Å². The number of rotatable bonds is 8.